The van der Waals surface area contributed by atoms with Gasteiger partial charge in [0.15, 0.2) is 5.75 Å². The number of hydrogen-bond donors (Lipinski definition) is 2. The summed E-state index contributed by atoms with van der Waals surface area (Å²) < 4.78 is 5.22. The van der Waals surface area contributed by atoms with Crippen molar-refractivity contribution in [1.82, 2.24) is 0 Å². The minimum absolute atomic E-state index is 0.0393. The number of halogens is 3. The molecule has 0 aromatic heterocycles. The molecule has 0 aliphatic rings. The lowest BCUT2D eigenvalue weighted by Gasteiger charge is -2.12. The van der Waals surface area contributed by atoms with Crippen LogP contribution in [0, 0.1) is 0 Å². The van der Waals surface area contributed by atoms with Crippen molar-refractivity contribution >= 4 is 34.8 Å². The van der Waals surface area contributed by atoms with E-state index in [1.165, 1.54) is 12.1 Å². The van der Waals surface area contributed by atoms with Crippen LogP contribution in [0.4, 0.5) is 0 Å². The fourth-order valence-corrected chi connectivity index (χ4v) is 1.84. The van der Waals surface area contributed by atoms with Crippen LogP contribution in [-0.2, 0) is 0 Å². The van der Waals surface area contributed by atoms with Crippen LogP contribution in [0.5, 0.6) is 5.75 Å². The van der Waals surface area contributed by atoms with Gasteiger partial charge in [0.2, 0.25) is 0 Å². The van der Waals surface area contributed by atoms with Crippen LogP contribution in [0.2, 0.25) is 15.1 Å². The van der Waals surface area contributed by atoms with Gasteiger partial charge in [0.25, 0.3) is 0 Å². The van der Waals surface area contributed by atoms with Gasteiger partial charge in [-0.2, -0.15) is 0 Å². The molecule has 0 fully saturated rings. The number of benzene rings is 1. The Bertz CT molecular complexity index is 323. The molecule has 1 aromatic rings. The number of aliphatic hydroxyl groups is 1. The zero-order valence-electron chi connectivity index (χ0n) is 7.71. The van der Waals surface area contributed by atoms with E-state index in [1.54, 1.807) is 0 Å². The average Bonchev–Trinajstić information content (AvgIpc) is 2.15. The summed E-state index contributed by atoms with van der Waals surface area (Å²) in [6.45, 7) is 0.153. The largest absolute Gasteiger partial charge is 0.488 e. The molecule has 15 heavy (non-hydrogen) atoms. The number of hydrogen-bond acceptors (Lipinski definition) is 3. The van der Waals surface area contributed by atoms with Crippen LogP contribution >= 0.6 is 34.8 Å². The van der Waals surface area contributed by atoms with Crippen molar-refractivity contribution in [1.29, 1.82) is 0 Å². The normalized spacial score (nSPS) is 12.6. The molecule has 1 atom stereocenters. The van der Waals surface area contributed by atoms with Crippen molar-refractivity contribution in [2.75, 3.05) is 13.2 Å². The van der Waals surface area contributed by atoms with Gasteiger partial charge in [0.1, 0.15) is 12.7 Å². The van der Waals surface area contributed by atoms with Crippen molar-refractivity contribution in [3.05, 3.63) is 27.2 Å². The summed E-state index contributed by atoms with van der Waals surface area (Å²) in [6.07, 6.45) is -0.743. The molecule has 1 aromatic carbocycles. The lowest BCUT2D eigenvalue weighted by Crippen LogP contribution is -2.26. The highest BCUT2D eigenvalue weighted by atomic mass is 35.5. The minimum atomic E-state index is -0.743. The van der Waals surface area contributed by atoms with E-state index in [9.17, 15) is 5.11 Å². The molecule has 0 aliphatic carbocycles. The highest BCUT2D eigenvalue weighted by molar-refractivity contribution is 6.40. The van der Waals surface area contributed by atoms with Crippen molar-refractivity contribution in [3.8, 4) is 5.75 Å². The molecule has 3 nitrogen and oxygen atoms in total. The van der Waals surface area contributed by atoms with Gasteiger partial charge < -0.3 is 15.6 Å². The second kappa shape index (κ2) is 5.77. The van der Waals surface area contributed by atoms with Gasteiger partial charge in [0.05, 0.1) is 10.0 Å². The Morgan fingerprint density at radius 1 is 1.27 bits per heavy atom. The van der Waals surface area contributed by atoms with Gasteiger partial charge in [-0.3, -0.25) is 0 Å². The van der Waals surface area contributed by atoms with Gasteiger partial charge in [-0.15, -0.1) is 0 Å². The van der Waals surface area contributed by atoms with Crippen molar-refractivity contribution in [2.24, 2.45) is 5.73 Å². The molecule has 0 spiro atoms. The summed E-state index contributed by atoms with van der Waals surface area (Å²) in [6, 6.07) is 3.03. The fourth-order valence-electron chi connectivity index (χ4n) is 0.914. The number of aliphatic hydroxyl groups excluding tert-OH is 1. The van der Waals surface area contributed by atoms with Crippen LogP contribution in [0.15, 0.2) is 12.1 Å². The Morgan fingerprint density at radius 3 is 2.27 bits per heavy atom. The van der Waals surface area contributed by atoms with Crippen molar-refractivity contribution in [2.45, 2.75) is 6.10 Å². The number of rotatable bonds is 4. The highest BCUT2D eigenvalue weighted by Gasteiger charge is 2.10. The smallest absolute Gasteiger partial charge is 0.156 e. The lowest BCUT2D eigenvalue weighted by molar-refractivity contribution is 0.114. The molecular weight excluding hydrogens is 260 g/mol. The Labute approximate surface area is 103 Å². The van der Waals surface area contributed by atoms with Gasteiger partial charge in [0, 0.05) is 11.6 Å². The predicted molar refractivity (Wildman–Crippen MR) is 62.0 cm³/mol. The maximum absolute atomic E-state index is 9.19. The monoisotopic (exact) mass is 269 g/mol. The SMILES string of the molecule is NCC(O)COc1c(Cl)cc(Cl)cc1Cl. The third-order valence-electron chi connectivity index (χ3n) is 1.66. The molecule has 0 saturated heterocycles. The zero-order chi connectivity index (χ0) is 11.4. The van der Waals surface area contributed by atoms with Crippen LogP contribution in [-0.4, -0.2) is 24.4 Å². The number of nitrogens with two attached hydrogens (primary N) is 1. The van der Waals surface area contributed by atoms with Gasteiger partial charge in [-0.05, 0) is 12.1 Å². The third kappa shape index (κ3) is 3.70. The van der Waals surface area contributed by atoms with Crippen LogP contribution in [0.25, 0.3) is 0 Å². The summed E-state index contributed by atoms with van der Waals surface area (Å²) in [5, 5.41) is 10.2. The first kappa shape index (κ1) is 12.9. The van der Waals surface area contributed by atoms with Gasteiger partial charge >= 0.3 is 0 Å². The fraction of sp³-hybridized carbons (Fsp3) is 0.333. The Balaban J connectivity index is 2.77. The Morgan fingerprint density at radius 2 is 1.80 bits per heavy atom. The average molecular weight is 271 g/mol. The van der Waals surface area contributed by atoms with E-state index in [0.717, 1.165) is 0 Å². The summed E-state index contributed by atoms with van der Waals surface area (Å²) >= 11 is 17.4. The quantitative estimate of drug-likeness (QED) is 0.883. The summed E-state index contributed by atoms with van der Waals surface area (Å²) in [5.41, 5.74) is 5.22. The molecule has 3 N–H and O–H groups in total. The van der Waals surface area contributed by atoms with Crippen molar-refractivity contribution in [3.63, 3.8) is 0 Å². The summed E-state index contributed by atoms with van der Waals surface area (Å²) in [7, 11) is 0. The first-order chi connectivity index (χ1) is 7.04. The third-order valence-corrected chi connectivity index (χ3v) is 2.43. The van der Waals surface area contributed by atoms with E-state index in [2.05, 4.69) is 0 Å². The molecule has 0 heterocycles. The molecule has 0 radical (unpaired) electrons. The Kier molecular flexibility index (Phi) is 4.96. The summed E-state index contributed by atoms with van der Waals surface area (Å²) in [4.78, 5) is 0. The van der Waals surface area contributed by atoms with E-state index in [4.69, 9.17) is 45.3 Å². The molecule has 84 valence electrons. The van der Waals surface area contributed by atoms with Crippen LogP contribution in [0.1, 0.15) is 0 Å². The second-order valence-electron chi connectivity index (χ2n) is 2.90. The Hall–Kier alpha value is -0.190. The molecule has 0 bridgehead atoms. The van der Waals surface area contributed by atoms with E-state index >= 15 is 0 Å². The lowest BCUT2D eigenvalue weighted by atomic mass is 10.3. The van der Waals surface area contributed by atoms with Gasteiger partial charge in [-0.25, -0.2) is 0 Å². The van der Waals surface area contributed by atoms with Crippen LogP contribution in [0.3, 0.4) is 0 Å². The molecule has 1 rings (SSSR count). The minimum Gasteiger partial charge on any atom is -0.488 e. The second-order valence-corrected chi connectivity index (χ2v) is 4.15. The van der Waals surface area contributed by atoms with Gasteiger partial charge in [-0.1, -0.05) is 34.8 Å². The maximum Gasteiger partial charge on any atom is 0.156 e. The van der Waals surface area contributed by atoms with E-state index in [0.29, 0.717) is 20.8 Å². The summed E-state index contributed by atoms with van der Waals surface area (Å²) in [5.74, 6) is 0.301. The van der Waals surface area contributed by atoms with Crippen molar-refractivity contribution < 1.29 is 9.84 Å². The highest BCUT2D eigenvalue weighted by Crippen LogP contribution is 2.35. The first-order valence-corrected chi connectivity index (χ1v) is 5.33. The molecule has 6 heteroatoms. The predicted octanol–water partition coefficient (Wildman–Crippen LogP) is 2.35. The number of ether oxygens (including phenoxy) is 1. The zero-order valence-corrected chi connectivity index (χ0v) is 9.98. The molecule has 0 amide bonds. The maximum atomic E-state index is 9.19. The van der Waals surface area contributed by atoms with E-state index in [1.807, 2.05) is 0 Å². The standard InChI is InChI=1S/C9H10Cl3NO2/c10-5-1-7(11)9(8(12)2-5)15-4-6(14)3-13/h1-2,6,14H,3-4,13H2. The molecule has 0 saturated carbocycles. The molecular formula is C9H10Cl3NO2. The molecule has 1 unspecified atom stereocenters. The van der Waals surface area contributed by atoms with Crippen LogP contribution < -0.4 is 10.5 Å². The first-order valence-electron chi connectivity index (χ1n) is 4.20. The van der Waals surface area contributed by atoms with E-state index < -0.39 is 6.10 Å². The topological polar surface area (TPSA) is 55.5 Å². The van der Waals surface area contributed by atoms with E-state index in [-0.39, 0.29) is 13.2 Å². The molecule has 0 aliphatic heterocycles.